The summed E-state index contributed by atoms with van der Waals surface area (Å²) in [5.74, 6) is 0.839. The van der Waals surface area contributed by atoms with Gasteiger partial charge in [0.25, 0.3) is 0 Å². The van der Waals surface area contributed by atoms with Gasteiger partial charge in [-0.2, -0.15) is 5.26 Å². The molecule has 9 rings (SSSR count). The van der Waals surface area contributed by atoms with E-state index in [0.717, 1.165) is 0 Å². The Morgan fingerprint density at radius 1 is 0.609 bits per heavy atom. The van der Waals surface area contributed by atoms with Crippen molar-refractivity contribution in [2.24, 2.45) is 11.8 Å². The van der Waals surface area contributed by atoms with Gasteiger partial charge >= 0.3 is 0 Å². The van der Waals surface area contributed by atoms with Gasteiger partial charge in [0.2, 0.25) is 0 Å². The minimum atomic E-state index is -0.205. The third-order valence-electron chi connectivity index (χ3n) is 11.3. The van der Waals surface area contributed by atoms with Gasteiger partial charge in [-0.3, -0.25) is 0 Å². The van der Waals surface area contributed by atoms with Crippen molar-refractivity contribution < 1.29 is 0 Å². The van der Waals surface area contributed by atoms with Crippen LogP contribution in [0.2, 0.25) is 0 Å². The van der Waals surface area contributed by atoms with Gasteiger partial charge in [-0.25, -0.2) is 0 Å². The summed E-state index contributed by atoms with van der Waals surface area (Å²) in [4.78, 5) is 0. The lowest BCUT2D eigenvalue weighted by molar-refractivity contribution is 0.629. The summed E-state index contributed by atoms with van der Waals surface area (Å²) in [6.07, 6.45) is 13.9. The molecule has 2 unspecified atom stereocenters. The maximum atomic E-state index is 9.61. The first-order valence-corrected chi connectivity index (χ1v) is 16.4. The van der Waals surface area contributed by atoms with Crippen LogP contribution in [0.4, 0.5) is 0 Å². The fourth-order valence-corrected chi connectivity index (χ4v) is 9.01. The Hall–Kier alpha value is -5.19. The molecule has 0 heterocycles. The topological polar surface area (TPSA) is 23.8 Å². The molecule has 0 radical (unpaired) electrons. The second kappa shape index (κ2) is 9.41. The number of nitrogens with zero attached hydrogens (tertiary/aromatic N) is 1. The number of rotatable bonds is 2. The lowest BCUT2D eigenvalue weighted by atomic mass is 9.67. The van der Waals surface area contributed by atoms with E-state index >= 15 is 0 Å². The van der Waals surface area contributed by atoms with E-state index in [-0.39, 0.29) is 10.8 Å². The zero-order valence-electron chi connectivity index (χ0n) is 26.7. The van der Waals surface area contributed by atoms with E-state index in [4.69, 9.17) is 0 Å². The molecule has 0 bridgehead atoms. The van der Waals surface area contributed by atoms with Crippen molar-refractivity contribution >= 4 is 16.3 Å². The third kappa shape index (κ3) is 3.56. The molecule has 4 aliphatic rings. The molecule has 0 saturated heterocycles. The van der Waals surface area contributed by atoms with Crippen molar-refractivity contribution in [3.63, 3.8) is 0 Å². The van der Waals surface area contributed by atoms with Gasteiger partial charge in [-0.15, -0.1) is 0 Å². The molecule has 5 aromatic carbocycles. The Morgan fingerprint density at radius 2 is 1.30 bits per heavy atom. The van der Waals surface area contributed by atoms with Gasteiger partial charge in [0.15, 0.2) is 0 Å². The summed E-state index contributed by atoms with van der Waals surface area (Å²) in [7, 11) is 0. The van der Waals surface area contributed by atoms with Crippen LogP contribution in [-0.2, 0) is 10.8 Å². The molecule has 220 valence electrons. The van der Waals surface area contributed by atoms with Gasteiger partial charge < -0.3 is 0 Å². The molecule has 1 heteroatoms. The molecule has 4 aliphatic carbocycles. The average Bonchev–Trinajstić information content (AvgIpc) is 3.33. The first-order valence-electron chi connectivity index (χ1n) is 16.4. The summed E-state index contributed by atoms with van der Waals surface area (Å²) in [5.41, 5.74) is 16.4. The van der Waals surface area contributed by atoms with Gasteiger partial charge in [-0.05, 0) is 89.7 Å². The Bertz CT molecular complexity index is 2310. The van der Waals surface area contributed by atoms with E-state index in [9.17, 15) is 5.26 Å². The predicted molar refractivity (Wildman–Crippen MR) is 191 cm³/mol. The molecule has 1 nitrogen and oxygen atoms in total. The minimum Gasteiger partial charge on any atom is -0.192 e. The predicted octanol–water partition coefficient (Wildman–Crippen LogP) is 11.3. The van der Waals surface area contributed by atoms with Crippen LogP contribution in [0.1, 0.15) is 55.5 Å². The fraction of sp³-hybridized carbons (Fsp3) is 0.178. The number of hydrogen-bond donors (Lipinski definition) is 0. The third-order valence-corrected chi connectivity index (χ3v) is 11.3. The monoisotopic (exact) mass is 589 g/mol. The number of allylic oxidation sites excluding steroid dienone is 8. The van der Waals surface area contributed by atoms with E-state index in [1.54, 1.807) is 0 Å². The smallest absolute Gasteiger partial charge is 0.0991 e. The molecule has 2 atom stereocenters. The number of nitriles is 1. The van der Waals surface area contributed by atoms with Gasteiger partial charge in [0, 0.05) is 22.7 Å². The standard InChI is InChI=1S/C45H35N/c1-44(2)38-14-8-12-35-31(22-23-36(42(35)38)34-21-15-27(26-46)25-40(34)44)29-16-18-30(19-17-29)33-11-7-13-37-41-32-10-6-5-9-28(32)20-24-39(41)45(3,4)43(33)37/h5-25,28,32H,1-4H3. The van der Waals surface area contributed by atoms with Crippen LogP contribution in [0, 0.1) is 23.2 Å². The van der Waals surface area contributed by atoms with Crippen LogP contribution in [0.5, 0.6) is 0 Å². The highest BCUT2D eigenvalue weighted by atomic mass is 14.5. The SMILES string of the molecule is CC1(C)C2=C(c3cccc(-c4ccc(-c5ccc6c7c(cccc57)C(C)(C)c5cc(C#N)ccc5-6)cc4)c31)C1C=CC=CC1C=C2. The Balaban J connectivity index is 1.15. The van der Waals surface area contributed by atoms with Gasteiger partial charge in [-0.1, -0.05) is 143 Å². The lowest BCUT2D eigenvalue weighted by Gasteiger charge is -2.35. The van der Waals surface area contributed by atoms with E-state index < -0.39 is 0 Å². The maximum absolute atomic E-state index is 9.61. The first-order chi connectivity index (χ1) is 22.3. The van der Waals surface area contributed by atoms with Crippen LogP contribution in [0.3, 0.4) is 0 Å². The number of benzene rings is 5. The van der Waals surface area contributed by atoms with E-state index in [1.807, 2.05) is 6.07 Å². The van der Waals surface area contributed by atoms with Gasteiger partial charge in [0.1, 0.15) is 0 Å². The minimum absolute atomic E-state index is 0.0658. The van der Waals surface area contributed by atoms with Crippen LogP contribution < -0.4 is 0 Å². The highest BCUT2D eigenvalue weighted by molar-refractivity contribution is 6.09. The molecule has 0 fully saturated rings. The van der Waals surface area contributed by atoms with Crippen LogP contribution in [-0.4, -0.2) is 0 Å². The molecule has 0 spiro atoms. The molecule has 0 N–H and O–H groups in total. The highest BCUT2D eigenvalue weighted by Crippen LogP contribution is 2.56. The zero-order chi connectivity index (χ0) is 31.4. The van der Waals surface area contributed by atoms with Crippen molar-refractivity contribution in [3.8, 4) is 39.4 Å². The van der Waals surface area contributed by atoms with Crippen molar-refractivity contribution in [3.05, 3.63) is 161 Å². The van der Waals surface area contributed by atoms with Crippen molar-refractivity contribution in [1.29, 1.82) is 5.26 Å². The maximum Gasteiger partial charge on any atom is 0.0991 e. The molecule has 5 aromatic rings. The number of hydrogen-bond acceptors (Lipinski definition) is 1. The molecule has 46 heavy (non-hydrogen) atoms. The summed E-state index contributed by atoms with van der Waals surface area (Å²) in [6.45, 7) is 9.37. The van der Waals surface area contributed by atoms with Crippen molar-refractivity contribution in [1.82, 2.24) is 0 Å². The second-order valence-corrected chi connectivity index (χ2v) is 14.4. The van der Waals surface area contributed by atoms with E-state index in [1.165, 1.54) is 77.6 Å². The highest BCUT2D eigenvalue weighted by Gasteiger charge is 2.43. The van der Waals surface area contributed by atoms with E-state index in [2.05, 4.69) is 155 Å². The van der Waals surface area contributed by atoms with Crippen LogP contribution in [0.25, 0.3) is 49.7 Å². The molecular weight excluding hydrogens is 555 g/mol. The Morgan fingerprint density at radius 3 is 2.11 bits per heavy atom. The summed E-state index contributed by atoms with van der Waals surface area (Å²) in [5, 5.41) is 12.2. The lowest BCUT2D eigenvalue weighted by Crippen LogP contribution is -2.23. The summed E-state index contributed by atoms with van der Waals surface area (Å²) in [6, 6.07) is 36.0. The second-order valence-electron chi connectivity index (χ2n) is 14.4. The summed E-state index contributed by atoms with van der Waals surface area (Å²) < 4.78 is 0. The average molecular weight is 590 g/mol. The molecule has 0 saturated carbocycles. The molecule has 0 aromatic heterocycles. The van der Waals surface area contributed by atoms with Crippen molar-refractivity contribution in [2.75, 3.05) is 0 Å². The fourth-order valence-electron chi connectivity index (χ4n) is 9.01. The quantitative estimate of drug-likeness (QED) is 0.201. The van der Waals surface area contributed by atoms with Gasteiger partial charge in [0.05, 0.1) is 11.6 Å². The Labute approximate surface area is 271 Å². The largest absolute Gasteiger partial charge is 0.192 e. The normalized spacial score (nSPS) is 20.6. The molecule has 0 aliphatic heterocycles. The summed E-state index contributed by atoms with van der Waals surface area (Å²) >= 11 is 0. The molecule has 0 amide bonds. The van der Waals surface area contributed by atoms with E-state index in [0.29, 0.717) is 17.4 Å². The zero-order valence-corrected chi connectivity index (χ0v) is 26.7. The van der Waals surface area contributed by atoms with Crippen molar-refractivity contribution in [2.45, 2.75) is 38.5 Å². The molecular formula is C45H35N. The number of fused-ring (bicyclic) bond motifs is 6. The first kappa shape index (κ1) is 27.1. The Kier molecular flexibility index (Phi) is 5.56. The van der Waals surface area contributed by atoms with Crippen LogP contribution in [0.15, 0.2) is 133 Å². The van der Waals surface area contributed by atoms with Crippen LogP contribution >= 0.6 is 0 Å².